The van der Waals surface area contributed by atoms with Crippen molar-refractivity contribution >= 4 is 52.2 Å². The molecule has 2 aromatic rings. The van der Waals surface area contributed by atoms with Crippen molar-refractivity contribution in [1.29, 1.82) is 0 Å². The molecule has 0 aliphatic carbocycles. The van der Waals surface area contributed by atoms with Crippen molar-refractivity contribution in [2.45, 2.75) is 6.92 Å². The molecule has 9 heteroatoms. The molecule has 2 heterocycles. The summed E-state index contributed by atoms with van der Waals surface area (Å²) in [6, 6.07) is 8.05. The van der Waals surface area contributed by atoms with Gasteiger partial charge in [-0.15, -0.1) is 0 Å². The van der Waals surface area contributed by atoms with Gasteiger partial charge in [-0.25, -0.2) is 4.79 Å². The Kier molecular flexibility index (Phi) is 5.15. The Morgan fingerprint density at radius 2 is 2.00 bits per heavy atom. The lowest BCUT2D eigenvalue weighted by molar-refractivity contribution is -0.140. The van der Waals surface area contributed by atoms with Crippen LogP contribution in [0.5, 0.6) is 0 Å². The molecule has 1 fully saturated rings. The zero-order chi connectivity index (χ0) is 19.7. The summed E-state index contributed by atoms with van der Waals surface area (Å²) in [5.74, 6) is -1.84. The summed E-state index contributed by atoms with van der Waals surface area (Å²) in [7, 11) is 0. The molecule has 1 saturated heterocycles. The zero-order valence-electron chi connectivity index (χ0n) is 14.0. The van der Waals surface area contributed by atoms with Gasteiger partial charge in [0, 0.05) is 11.6 Å². The topological polar surface area (TPSA) is 108 Å². The number of furan rings is 1. The Labute approximate surface area is 163 Å². The molecule has 1 aliphatic heterocycles. The average Bonchev–Trinajstić information content (AvgIpc) is 3.15. The molecule has 2 N–H and O–H groups in total. The summed E-state index contributed by atoms with van der Waals surface area (Å²) >= 11 is 6.05. The molecule has 0 saturated carbocycles. The van der Waals surface area contributed by atoms with Crippen LogP contribution in [0.1, 0.15) is 21.7 Å². The first-order chi connectivity index (χ1) is 12.8. The fourth-order valence-corrected chi connectivity index (χ4v) is 3.73. The van der Waals surface area contributed by atoms with E-state index in [-0.39, 0.29) is 14.8 Å². The quantitative estimate of drug-likeness (QED) is 0.579. The third-order valence-electron chi connectivity index (χ3n) is 3.82. The smallest absolute Gasteiger partial charge is 0.335 e. The predicted octanol–water partition coefficient (Wildman–Crippen LogP) is 3.24. The van der Waals surface area contributed by atoms with E-state index in [4.69, 9.17) is 26.8 Å². The molecule has 1 aromatic heterocycles. The molecule has 0 atom stereocenters. The summed E-state index contributed by atoms with van der Waals surface area (Å²) in [6.07, 6.45) is 1.49. The lowest BCUT2D eigenvalue weighted by Crippen LogP contribution is -2.33. The number of carbonyl (C=O) groups is 3. The molecule has 27 heavy (non-hydrogen) atoms. The largest absolute Gasteiger partial charge is 0.480 e. The second-order valence-electron chi connectivity index (χ2n) is 5.70. The molecule has 138 valence electrons. The molecule has 0 unspecified atom stereocenters. The molecular weight excluding hydrogens is 390 g/mol. The van der Waals surface area contributed by atoms with Crippen molar-refractivity contribution in [1.82, 2.24) is 4.90 Å². The Morgan fingerprint density at radius 1 is 1.26 bits per heavy atom. The summed E-state index contributed by atoms with van der Waals surface area (Å²) in [6.45, 7) is 1.34. The van der Waals surface area contributed by atoms with E-state index in [9.17, 15) is 14.4 Å². The van der Waals surface area contributed by atoms with Crippen molar-refractivity contribution < 1.29 is 29.0 Å². The first-order valence-electron chi connectivity index (χ1n) is 7.67. The number of carboxylic acids is 2. The molecular formula is C18H13NO6S2. The first-order valence-corrected chi connectivity index (χ1v) is 8.90. The van der Waals surface area contributed by atoms with Gasteiger partial charge in [-0.1, -0.05) is 30.0 Å². The number of rotatable bonds is 5. The van der Waals surface area contributed by atoms with Gasteiger partial charge in [-0.3, -0.25) is 14.5 Å². The minimum absolute atomic E-state index is 0.142. The van der Waals surface area contributed by atoms with E-state index in [1.54, 1.807) is 18.2 Å². The first kappa shape index (κ1) is 18.9. The van der Waals surface area contributed by atoms with E-state index in [0.29, 0.717) is 17.1 Å². The average molecular weight is 403 g/mol. The van der Waals surface area contributed by atoms with Gasteiger partial charge in [0.15, 0.2) is 0 Å². The second-order valence-corrected chi connectivity index (χ2v) is 7.37. The van der Waals surface area contributed by atoms with Gasteiger partial charge in [0.05, 0.1) is 10.5 Å². The number of carboxylic acid groups (broad SMARTS) is 2. The van der Waals surface area contributed by atoms with Crippen molar-refractivity contribution in [3.63, 3.8) is 0 Å². The fraction of sp³-hybridized carbons (Fsp3) is 0.111. The highest BCUT2D eigenvalue weighted by molar-refractivity contribution is 8.26. The fourth-order valence-electron chi connectivity index (χ4n) is 2.50. The van der Waals surface area contributed by atoms with Crippen LogP contribution in [0.4, 0.5) is 0 Å². The van der Waals surface area contributed by atoms with Crippen molar-refractivity contribution in [3.05, 3.63) is 52.1 Å². The van der Waals surface area contributed by atoms with Gasteiger partial charge in [0.2, 0.25) is 0 Å². The molecule has 7 nitrogen and oxygen atoms in total. The van der Waals surface area contributed by atoms with Gasteiger partial charge in [-0.05, 0) is 36.8 Å². The van der Waals surface area contributed by atoms with Crippen molar-refractivity contribution in [2.24, 2.45) is 0 Å². The van der Waals surface area contributed by atoms with Crippen LogP contribution < -0.4 is 0 Å². The molecule has 0 bridgehead atoms. The molecule has 1 aliphatic rings. The zero-order valence-corrected chi connectivity index (χ0v) is 15.6. The predicted molar refractivity (Wildman–Crippen MR) is 103 cm³/mol. The number of aliphatic carboxylic acids is 1. The van der Waals surface area contributed by atoms with Crippen LogP contribution >= 0.6 is 24.0 Å². The molecule has 0 radical (unpaired) electrons. The van der Waals surface area contributed by atoms with Crippen LogP contribution in [0.3, 0.4) is 0 Å². The molecule has 0 spiro atoms. The number of amides is 1. The SMILES string of the molecule is Cc1ccc(C(=O)O)cc1-c1ccc(/C=C2/SC(=S)N(CC(=O)O)C2=O)o1. The van der Waals surface area contributed by atoms with Crippen molar-refractivity contribution in [3.8, 4) is 11.3 Å². The maximum Gasteiger partial charge on any atom is 0.335 e. The summed E-state index contributed by atoms with van der Waals surface area (Å²) in [5, 5.41) is 18.0. The molecule has 3 rings (SSSR count). The van der Waals surface area contributed by atoms with Crippen LogP contribution in [0.2, 0.25) is 0 Å². The number of benzene rings is 1. The normalized spacial score (nSPS) is 15.6. The molecule has 1 amide bonds. The Morgan fingerprint density at radius 3 is 2.67 bits per heavy atom. The number of hydrogen-bond donors (Lipinski definition) is 2. The summed E-state index contributed by atoms with van der Waals surface area (Å²) in [4.78, 5) is 35.6. The maximum absolute atomic E-state index is 12.3. The maximum atomic E-state index is 12.3. The lowest BCUT2D eigenvalue weighted by atomic mass is 10.0. The third-order valence-corrected chi connectivity index (χ3v) is 5.19. The van der Waals surface area contributed by atoms with Crippen LogP contribution in [-0.4, -0.2) is 43.8 Å². The minimum Gasteiger partial charge on any atom is -0.480 e. The number of carbonyl (C=O) groups excluding carboxylic acids is 1. The summed E-state index contributed by atoms with van der Waals surface area (Å²) in [5.41, 5.74) is 1.62. The number of aryl methyl sites for hydroxylation is 1. The summed E-state index contributed by atoms with van der Waals surface area (Å²) < 4.78 is 5.91. The van der Waals surface area contributed by atoms with E-state index in [0.717, 1.165) is 22.2 Å². The Bertz CT molecular complexity index is 1010. The number of hydrogen-bond acceptors (Lipinski definition) is 6. The van der Waals surface area contributed by atoms with Crippen LogP contribution in [0, 0.1) is 6.92 Å². The highest BCUT2D eigenvalue weighted by Crippen LogP contribution is 2.34. The number of nitrogens with zero attached hydrogens (tertiary/aromatic N) is 1. The van der Waals surface area contributed by atoms with Gasteiger partial charge in [-0.2, -0.15) is 0 Å². The van der Waals surface area contributed by atoms with E-state index >= 15 is 0 Å². The van der Waals surface area contributed by atoms with E-state index in [2.05, 4.69) is 0 Å². The highest BCUT2D eigenvalue weighted by Gasteiger charge is 2.33. The molecule has 1 aromatic carbocycles. The second kappa shape index (κ2) is 7.37. The van der Waals surface area contributed by atoms with Crippen LogP contribution in [0.25, 0.3) is 17.4 Å². The van der Waals surface area contributed by atoms with Gasteiger partial charge >= 0.3 is 11.9 Å². The Balaban J connectivity index is 1.89. The Hall–Kier alpha value is -2.91. The van der Waals surface area contributed by atoms with Crippen LogP contribution in [0.15, 0.2) is 39.7 Å². The number of thiocarbonyl (C=S) groups is 1. The van der Waals surface area contributed by atoms with Crippen molar-refractivity contribution in [2.75, 3.05) is 6.54 Å². The highest BCUT2D eigenvalue weighted by atomic mass is 32.2. The number of thioether (sulfide) groups is 1. The van der Waals surface area contributed by atoms with Gasteiger partial charge in [0.1, 0.15) is 22.4 Å². The van der Waals surface area contributed by atoms with E-state index in [1.165, 1.54) is 18.2 Å². The van der Waals surface area contributed by atoms with E-state index < -0.39 is 24.4 Å². The van der Waals surface area contributed by atoms with Crippen LogP contribution in [-0.2, 0) is 9.59 Å². The standard InChI is InChI=1S/C18H13NO6S2/c1-9-2-3-10(17(23)24)6-12(9)13-5-4-11(25-13)7-14-16(22)19(8-15(20)21)18(26)27-14/h2-7H,8H2,1H3,(H,20,21)(H,23,24)/b14-7+. The third kappa shape index (κ3) is 3.93. The van der Waals surface area contributed by atoms with Gasteiger partial charge < -0.3 is 14.6 Å². The minimum atomic E-state index is -1.15. The lowest BCUT2D eigenvalue weighted by Gasteiger charge is -2.09. The monoisotopic (exact) mass is 403 g/mol. The van der Waals surface area contributed by atoms with Gasteiger partial charge in [0.25, 0.3) is 5.91 Å². The number of aromatic carboxylic acids is 1. The van der Waals surface area contributed by atoms with E-state index in [1.807, 2.05) is 6.92 Å².